The molecular formula is C14H18N4O8S2. The lowest BCUT2D eigenvalue weighted by atomic mass is 10.0. The van der Waals surface area contributed by atoms with Gasteiger partial charge in [0.2, 0.25) is 0 Å². The number of anilines is 1. The van der Waals surface area contributed by atoms with Crippen molar-refractivity contribution in [2.75, 3.05) is 5.32 Å². The second kappa shape index (κ2) is 7.44. The summed E-state index contributed by atoms with van der Waals surface area (Å²) in [6, 6.07) is -2.34. The van der Waals surface area contributed by atoms with Crippen molar-refractivity contribution in [2.45, 2.75) is 45.4 Å². The molecule has 0 aromatic carbocycles. The maximum absolute atomic E-state index is 12.1. The molecule has 0 unspecified atom stereocenters. The Morgan fingerprint density at radius 3 is 2.43 bits per heavy atom. The van der Waals surface area contributed by atoms with Crippen LogP contribution in [0.25, 0.3) is 0 Å². The zero-order valence-electron chi connectivity index (χ0n) is 15.2. The Bertz CT molecular complexity index is 933. The van der Waals surface area contributed by atoms with E-state index in [9.17, 15) is 27.6 Å². The molecule has 0 aliphatic carbocycles. The van der Waals surface area contributed by atoms with Crippen LogP contribution in [0.4, 0.5) is 9.93 Å². The minimum absolute atomic E-state index is 0.0241. The Morgan fingerprint density at radius 2 is 1.93 bits per heavy atom. The van der Waals surface area contributed by atoms with E-state index in [1.807, 2.05) is 0 Å². The van der Waals surface area contributed by atoms with Crippen LogP contribution in [-0.2, 0) is 24.6 Å². The van der Waals surface area contributed by atoms with Gasteiger partial charge < -0.3 is 10.1 Å². The van der Waals surface area contributed by atoms with Crippen LogP contribution >= 0.6 is 11.3 Å². The average Bonchev–Trinajstić information content (AvgIpc) is 2.96. The van der Waals surface area contributed by atoms with Gasteiger partial charge in [-0.05, 0) is 27.7 Å². The number of β-lactam (4-membered cyclic amide) rings is 1. The molecule has 1 fully saturated rings. The van der Waals surface area contributed by atoms with Crippen molar-refractivity contribution in [3.05, 3.63) is 11.1 Å². The SMILES string of the molecule is C[C@H]1[C@H](NC(=O)C(=O)c2csc(NC(=O)OC(C)(C)C)n2)C(=O)N1S(=O)(=O)O. The molecule has 1 saturated heterocycles. The zero-order chi connectivity index (χ0) is 21.4. The molecule has 0 radical (unpaired) electrons. The number of ether oxygens (including phenoxy) is 1. The van der Waals surface area contributed by atoms with Gasteiger partial charge in [0.1, 0.15) is 17.3 Å². The lowest BCUT2D eigenvalue weighted by Gasteiger charge is -2.41. The van der Waals surface area contributed by atoms with Crippen molar-refractivity contribution < 1.29 is 36.9 Å². The second-order valence-electron chi connectivity index (χ2n) is 6.80. The topological polar surface area (TPSA) is 172 Å². The fourth-order valence-corrected chi connectivity index (χ4v) is 3.81. The molecule has 1 aliphatic rings. The number of ketones is 1. The van der Waals surface area contributed by atoms with Gasteiger partial charge in [-0.25, -0.2) is 14.1 Å². The van der Waals surface area contributed by atoms with Crippen LogP contribution in [0.3, 0.4) is 0 Å². The van der Waals surface area contributed by atoms with E-state index in [0.717, 1.165) is 11.3 Å². The van der Waals surface area contributed by atoms with Gasteiger partial charge in [0.25, 0.3) is 17.6 Å². The maximum atomic E-state index is 12.1. The highest BCUT2D eigenvalue weighted by molar-refractivity contribution is 7.84. The molecule has 0 bridgehead atoms. The molecule has 0 spiro atoms. The summed E-state index contributed by atoms with van der Waals surface area (Å²) < 4.78 is 36.2. The molecule has 14 heteroatoms. The van der Waals surface area contributed by atoms with Gasteiger partial charge >= 0.3 is 16.4 Å². The van der Waals surface area contributed by atoms with Crippen LogP contribution in [0, 0.1) is 0 Å². The van der Waals surface area contributed by atoms with Gasteiger partial charge in [-0.15, -0.1) is 11.3 Å². The number of nitrogens with zero attached hydrogens (tertiary/aromatic N) is 2. The third-order valence-electron chi connectivity index (χ3n) is 3.42. The van der Waals surface area contributed by atoms with Gasteiger partial charge in [-0.2, -0.15) is 8.42 Å². The minimum atomic E-state index is -4.74. The van der Waals surface area contributed by atoms with E-state index in [2.05, 4.69) is 15.6 Å². The van der Waals surface area contributed by atoms with Crippen molar-refractivity contribution in [1.29, 1.82) is 0 Å². The van der Waals surface area contributed by atoms with Crippen LogP contribution in [0.2, 0.25) is 0 Å². The fourth-order valence-electron chi connectivity index (χ4n) is 2.25. The first-order valence-corrected chi connectivity index (χ1v) is 10.1. The summed E-state index contributed by atoms with van der Waals surface area (Å²) in [4.78, 5) is 51.4. The van der Waals surface area contributed by atoms with E-state index >= 15 is 0 Å². The first-order chi connectivity index (χ1) is 12.7. The average molecular weight is 434 g/mol. The van der Waals surface area contributed by atoms with Gasteiger partial charge in [0, 0.05) is 5.38 Å². The first-order valence-electron chi connectivity index (χ1n) is 7.82. The highest BCUT2D eigenvalue weighted by atomic mass is 32.2. The highest BCUT2D eigenvalue weighted by Crippen LogP contribution is 2.23. The number of nitrogens with one attached hydrogen (secondary N) is 2. The van der Waals surface area contributed by atoms with Crippen LogP contribution in [0.1, 0.15) is 38.2 Å². The van der Waals surface area contributed by atoms with Gasteiger partial charge in [-0.1, -0.05) is 0 Å². The number of aromatic nitrogens is 1. The van der Waals surface area contributed by atoms with E-state index in [1.165, 1.54) is 12.3 Å². The van der Waals surface area contributed by atoms with Crippen molar-refractivity contribution >= 4 is 50.5 Å². The number of hydrogen-bond donors (Lipinski definition) is 3. The highest BCUT2D eigenvalue weighted by Gasteiger charge is 2.51. The molecule has 2 atom stereocenters. The zero-order valence-corrected chi connectivity index (χ0v) is 16.9. The number of thiazole rings is 1. The molecule has 154 valence electrons. The summed E-state index contributed by atoms with van der Waals surface area (Å²) >= 11 is 0.882. The third kappa shape index (κ3) is 4.82. The van der Waals surface area contributed by atoms with Crippen molar-refractivity contribution in [1.82, 2.24) is 14.6 Å². The predicted molar refractivity (Wildman–Crippen MR) is 96.1 cm³/mol. The van der Waals surface area contributed by atoms with E-state index < -0.39 is 51.7 Å². The maximum Gasteiger partial charge on any atom is 0.413 e. The molecule has 28 heavy (non-hydrogen) atoms. The Hall–Kier alpha value is -2.58. The van der Waals surface area contributed by atoms with Gasteiger partial charge in [0.05, 0.1) is 6.04 Å². The van der Waals surface area contributed by atoms with Crippen LogP contribution in [0.5, 0.6) is 0 Å². The van der Waals surface area contributed by atoms with Crippen molar-refractivity contribution in [3.8, 4) is 0 Å². The van der Waals surface area contributed by atoms with E-state index in [-0.39, 0.29) is 15.1 Å². The largest absolute Gasteiger partial charge is 0.444 e. The van der Waals surface area contributed by atoms with E-state index in [0.29, 0.717) is 0 Å². The lowest BCUT2D eigenvalue weighted by molar-refractivity contribution is -0.144. The molecule has 2 heterocycles. The van der Waals surface area contributed by atoms with E-state index in [4.69, 9.17) is 9.29 Å². The Labute approximate surface area is 164 Å². The second-order valence-corrected chi connectivity index (χ2v) is 8.94. The first kappa shape index (κ1) is 21.7. The molecule has 1 aliphatic heterocycles. The monoisotopic (exact) mass is 434 g/mol. The number of carbonyl (C=O) groups is 4. The van der Waals surface area contributed by atoms with Gasteiger partial charge in [-0.3, -0.25) is 24.3 Å². The normalized spacial score (nSPS) is 19.6. The summed E-state index contributed by atoms with van der Waals surface area (Å²) in [5, 5.41) is 5.67. The third-order valence-corrected chi connectivity index (χ3v) is 5.19. The summed E-state index contributed by atoms with van der Waals surface area (Å²) in [5.41, 5.74) is -1.01. The summed E-state index contributed by atoms with van der Waals surface area (Å²) in [5.74, 6) is -3.34. The number of Topliss-reactive ketones (excluding diaryl/α,β-unsaturated/α-hetero) is 1. The standard InChI is InChI=1S/C14H18N4O8S2/c1-6-8(11(21)18(6)28(23,24)25)16-10(20)9(19)7-5-27-12(15-7)17-13(22)26-14(2,3)4/h5-6,8H,1-4H3,(H,16,20)(H,15,17,22)(H,23,24,25)/t6-,8-/m0/s1. The Kier molecular flexibility index (Phi) is 5.77. The molecule has 0 saturated carbocycles. The minimum Gasteiger partial charge on any atom is -0.444 e. The molecule has 1 aromatic heterocycles. The quantitative estimate of drug-likeness (QED) is 0.253. The van der Waals surface area contributed by atoms with Crippen molar-refractivity contribution in [3.63, 3.8) is 0 Å². The molecule has 2 rings (SSSR count). The molecule has 3 amide bonds. The number of carbonyl (C=O) groups excluding carboxylic acids is 4. The smallest absolute Gasteiger partial charge is 0.413 e. The Balaban J connectivity index is 1.98. The summed E-state index contributed by atoms with van der Waals surface area (Å²) in [6.07, 6.45) is -0.788. The number of hydrogen-bond acceptors (Lipinski definition) is 9. The molecule has 12 nitrogen and oxygen atoms in total. The predicted octanol–water partition coefficient (Wildman–Crippen LogP) is 0.191. The van der Waals surface area contributed by atoms with Gasteiger partial charge in [0.15, 0.2) is 5.13 Å². The van der Waals surface area contributed by atoms with Crippen LogP contribution < -0.4 is 10.6 Å². The number of amides is 3. The fraction of sp³-hybridized carbons (Fsp3) is 0.500. The molecule has 3 N–H and O–H groups in total. The molecule has 1 aromatic rings. The van der Waals surface area contributed by atoms with Crippen LogP contribution in [-0.4, -0.2) is 63.6 Å². The summed E-state index contributed by atoms with van der Waals surface area (Å²) in [6.45, 7) is 6.27. The van der Waals surface area contributed by atoms with Crippen molar-refractivity contribution in [2.24, 2.45) is 0 Å². The number of rotatable bonds is 5. The van der Waals surface area contributed by atoms with E-state index in [1.54, 1.807) is 20.8 Å². The summed E-state index contributed by atoms with van der Waals surface area (Å²) in [7, 11) is -4.74. The Morgan fingerprint density at radius 1 is 1.32 bits per heavy atom. The lowest BCUT2D eigenvalue weighted by Crippen LogP contribution is -2.71. The molecular weight excluding hydrogens is 416 g/mol. The van der Waals surface area contributed by atoms with Crippen LogP contribution in [0.15, 0.2) is 5.38 Å².